The molecule has 7 nitrogen and oxygen atoms in total. The number of rotatable bonds is 4. The number of benzene rings is 3. The predicted octanol–water partition coefficient (Wildman–Crippen LogP) is 4.57. The van der Waals surface area contributed by atoms with Gasteiger partial charge in [0.2, 0.25) is 5.76 Å². The van der Waals surface area contributed by atoms with Gasteiger partial charge >= 0.3 is 0 Å². The van der Waals surface area contributed by atoms with Crippen LogP contribution in [0.1, 0.15) is 33.3 Å². The average Bonchev–Trinajstić information content (AvgIpc) is 3.12. The lowest BCUT2D eigenvalue weighted by atomic mass is 9.97. The van der Waals surface area contributed by atoms with Gasteiger partial charge in [-0.15, -0.1) is 0 Å². The third kappa shape index (κ3) is 3.20. The summed E-state index contributed by atoms with van der Waals surface area (Å²) in [5.74, 6) is 0.421. The lowest BCUT2D eigenvalue weighted by Gasteiger charge is -2.25. The Balaban J connectivity index is 1.80. The number of hydrogen-bond acceptors (Lipinski definition) is 6. The number of hydrogen-bond donors (Lipinski definition) is 1. The van der Waals surface area contributed by atoms with Crippen molar-refractivity contribution in [2.45, 2.75) is 13.0 Å². The Hall–Kier alpha value is -4.26. The van der Waals surface area contributed by atoms with Crippen molar-refractivity contribution in [2.24, 2.45) is 0 Å². The second-order valence-corrected chi connectivity index (χ2v) is 7.88. The van der Waals surface area contributed by atoms with E-state index >= 15 is 0 Å². The molecule has 33 heavy (non-hydrogen) atoms. The average molecular weight is 443 g/mol. The van der Waals surface area contributed by atoms with E-state index in [-0.39, 0.29) is 28.3 Å². The van der Waals surface area contributed by atoms with Crippen molar-refractivity contribution in [3.8, 4) is 17.2 Å². The fraction of sp³-hybridized carbons (Fsp3) is 0.154. The van der Waals surface area contributed by atoms with E-state index in [0.29, 0.717) is 28.0 Å². The smallest absolute Gasteiger partial charge is 0.295 e. The highest BCUT2D eigenvalue weighted by Crippen LogP contribution is 2.43. The summed E-state index contributed by atoms with van der Waals surface area (Å²) in [5.41, 5.74) is 2.43. The summed E-state index contributed by atoms with van der Waals surface area (Å²) in [4.78, 5) is 28.8. The molecule has 5 rings (SSSR count). The normalized spacial score (nSPS) is 15.1. The highest BCUT2D eigenvalue weighted by atomic mass is 16.5. The van der Waals surface area contributed by atoms with Crippen molar-refractivity contribution in [3.63, 3.8) is 0 Å². The maximum Gasteiger partial charge on any atom is 0.295 e. The van der Waals surface area contributed by atoms with Crippen LogP contribution in [-0.4, -0.2) is 25.2 Å². The van der Waals surface area contributed by atoms with Crippen LogP contribution in [0.3, 0.4) is 0 Å². The molecule has 1 N–H and O–H groups in total. The van der Waals surface area contributed by atoms with Gasteiger partial charge in [0.05, 0.1) is 31.2 Å². The first-order chi connectivity index (χ1) is 15.9. The van der Waals surface area contributed by atoms with Crippen molar-refractivity contribution in [2.75, 3.05) is 19.1 Å². The summed E-state index contributed by atoms with van der Waals surface area (Å²) < 4.78 is 16.5. The molecule has 1 amide bonds. The van der Waals surface area contributed by atoms with E-state index in [9.17, 15) is 14.7 Å². The second-order valence-electron chi connectivity index (χ2n) is 7.88. The number of amides is 1. The van der Waals surface area contributed by atoms with E-state index in [2.05, 4.69) is 0 Å². The molecular weight excluding hydrogens is 422 g/mol. The molecule has 1 unspecified atom stereocenters. The molecular formula is C26H21NO6. The van der Waals surface area contributed by atoms with E-state index < -0.39 is 11.9 Å². The minimum Gasteiger partial charge on any atom is -0.504 e. The highest BCUT2D eigenvalue weighted by Gasteiger charge is 2.44. The zero-order chi connectivity index (χ0) is 23.3. The highest BCUT2D eigenvalue weighted by molar-refractivity contribution is 6.10. The number of anilines is 1. The molecule has 0 fully saturated rings. The lowest BCUT2D eigenvalue weighted by Crippen LogP contribution is -2.29. The van der Waals surface area contributed by atoms with Gasteiger partial charge < -0.3 is 19.0 Å². The van der Waals surface area contributed by atoms with Gasteiger partial charge in [0.15, 0.2) is 16.9 Å². The molecule has 0 aliphatic carbocycles. The number of ether oxygens (including phenoxy) is 2. The van der Waals surface area contributed by atoms with E-state index in [4.69, 9.17) is 13.9 Å². The van der Waals surface area contributed by atoms with Gasteiger partial charge in [-0.25, -0.2) is 0 Å². The molecule has 0 saturated carbocycles. The molecule has 1 aliphatic heterocycles. The summed E-state index contributed by atoms with van der Waals surface area (Å²) >= 11 is 0. The van der Waals surface area contributed by atoms with Crippen molar-refractivity contribution in [3.05, 3.63) is 93.3 Å². The molecule has 2 heterocycles. The Kier molecular flexibility index (Phi) is 4.82. The largest absolute Gasteiger partial charge is 0.504 e. The van der Waals surface area contributed by atoms with Gasteiger partial charge in [0.1, 0.15) is 11.3 Å². The minimum atomic E-state index is -0.767. The Morgan fingerprint density at radius 2 is 1.70 bits per heavy atom. The van der Waals surface area contributed by atoms with E-state index in [1.807, 2.05) is 13.0 Å². The zero-order valence-electron chi connectivity index (χ0n) is 18.3. The van der Waals surface area contributed by atoms with Crippen LogP contribution in [0, 0.1) is 6.92 Å². The Morgan fingerprint density at radius 3 is 2.39 bits per heavy atom. The number of aromatic hydroxyl groups is 1. The number of carbonyl (C=O) groups excluding carboxylic acids is 1. The van der Waals surface area contributed by atoms with Crippen LogP contribution in [0.4, 0.5) is 5.69 Å². The van der Waals surface area contributed by atoms with Gasteiger partial charge in [0.25, 0.3) is 5.91 Å². The number of phenolic OH excluding ortho intramolecular Hbond substituents is 1. The molecule has 0 radical (unpaired) electrons. The third-order valence-electron chi connectivity index (χ3n) is 5.90. The maximum atomic E-state index is 13.7. The fourth-order valence-electron chi connectivity index (χ4n) is 4.28. The van der Waals surface area contributed by atoms with Gasteiger partial charge in [-0.2, -0.15) is 0 Å². The monoisotopic (exact) mass is 443 g/mol. The van der Waals surface area contributed by atoms with Crippen LogP contribution < -0.4 is 19.8 Å². The Labute approximate surface area is 189 Å². The van der Waals surface area contributed by atoms with E-state index in [0.717, 1.165) is 5.56 Å². The van der Waals surface area contributed by atoms with Crippen molar-refractivity contribution >= 4 is 22.6 Å². The summed E-state index contributed by atoms with van der Waals surface area (Å²) in [6.45, 7) is 1.89. The minimum absolute atomic E-state index is 0.00390. The topological polar surface area (TPSA) is 89.2 Å². The first-order valence-electron chi connectivity index (χ1n) is 10.3. The quantitative estimate of drug-likeness (QED) is 0.497. The van der Waals surface area contributed by atoms with Gasteiger partial charge in [-0.1, -0.05) is 17.7 Å². The molecule has 1 aliphatic rings. The number of aryl methyl sites for hydroxylation is 1. The lowest BCUT2D eigenvalue weighted by molar-refractivity contribution is 0.0971. The van der Waals surface area contributed by atoms with Crippen LogP contribution in [0.2, 0.25) is 0 Å². The van der Waals surface area contributed by atoms with Crippen LogP contribution in [0.15, 0.2) is 69.9 Å². The number of nitrogens with zero attached hydrogens (tertiary/aromatic N) is 1. The number of phenols is 1. The van der Waals surface area contributed by atoms with Gasteiger partial charge in [0, 0.05) is 5.69 Å². The molecule has 0 saturated heterocycles. The van der Waals surface area contributed by atoms with Crippen molar-refractivity contribution in [1.29, 1.82) is 0 Å². The number of carbonyl (C=O) groups is 1. The molecule has 4 aromatic rings. The molecule has 166 valence electrons. The number of methoxy groups -OCH3 is 2. The van der Waals surface area contributed by atoms with Crippen LogP contribution in [-0.2, 0) is 0 Å². The molecule has 3 aromatic carbocycles. The first kappa shape index (κ1) is 20.6. The Morgan fingerprint density at radius 1 is 0.939 bits per heavy atom. The van der Waals surface area contributed by atoms with Crippen LogP contribution in [0.5, 0.6) is 17.2 Å². The second kappa shape index (κ2) is 7.70. The SMILES string of the molecule is COc1ccc(N2C(=O)c3oc4ccc(C)cc4c(=O)c3C2c2ccc(O)c(OC)c2)cc1. The summed E-state index contributed by atoms with van der Waals surface area (Å²) in [7, 11) is 3.01. The first-order valence-corrected chi connectivity index (χ1v) is 10.3. The maximum absolute atomic E-state index is 13.7. The third-order valence-corrected chi connectivity index (χ3v) is 5.90. The molecule has 1 aromatic heterocycles. The molecule has 0 spiro atoms. The van der Waals surface area contributed by atoms with Crippen LogP contribution in [0.25, 0.3) is 11.0 Å². The summed E-state index contributed by atoms with van der Waals surface area (Å²) in [5, 5.41) is 10.5. The zero-order valence-corrected chi connectivity index (χ0v) is 18.3. The summed E-state index contributed by atoms with van der Waals surface area (Å²) in [6.07, 6.45) is 0. The molecule has 0 bridgehead atoms. The molecule has 1 atom stereocenters. The fourth-order valence-corrected chi connectivity index (χ4v) is 4.28. The van der Waals surface area contributed by atoms with E-state index in [1.165, 1.54) is 18.1 Å². The van der Waals surface area contributed by atoms with Gasteiger partial charge in [-0.05, 0) is 61.0 Å². The van der Waals surface area contributed by atoms with Crippen molar-refractivity contribution in [1.82, 2.24) is 0 Å². The predicted molar refractivity (Wildman–Crippen MR) is 124 cm³/mol. The molecule has 7 heteroatoms. The Bertz CT molecular complexity index is 1450. The standard InChI is InChI=1S/C26H21NO6/c1-14-4-11-20-18(12-14)24(29)22-23(15-5-10-19(28)21(13-15)32-3)27(26(30)25(22)33-20)16-6-8-17(31-2)9-7-16/h4-13,23,28H,1-3H3. The number of fused-ring (bicyclic) bond motifs is 2. The van der Waals surface area contributed by atoms with Crippen LogP contribution >= 0.6 is 0 Å². The van der Waals surface area contributed by atoms with Gasteiger partial charge in [-0.3, -0.25) is 14.5 Å². The summed E-state index contributed by atoms with van der Waals surface area (Å²) in [6, 6.07) is 16.3. The van der Waals surface area contributed by atoms with E-state index in [1.54, 1.807) is 55.6 Å². The van der Waals surface area contributed by atoms with Crippen molar-refractivity contribution < 1.29 is 23.8 Å².